The minimum atomic E-state index is 0.463. The van der Waals surface area contributed by atoms with Crippen molar-refractivity contribution in [3.8, 4) is 0 Å². The highest BCUT2D eigenvalue weighted by molar-refractivity contribution is 5.58. The van der Waals surface area contributed by atoms with Crippen molar-refractivity contribution in [1.29, 1.82) is 0 Å². The van der Waals surface area contributed by atoms with Gasteiger partial charge in [-0.3, -0.25) is 0 Å². The van der Waals surface area contributed by atoms with E-state index in [1.807, 2.05) is 0 Å². The van der Waals surface area contributed by atoms with E-state index in [2.05, 4.69) is 38.3 Å². The molecule has 1 aromatic heterocycles. The molecule has 2 N–H and O–H groups in total. The van der Waals surface area contributed by atoms with Crippen LogP contribution in [0.3, 0.4) is 0 Å². The number of aromatic nitrogens is 2. The van der Waals surface area contributed by atoms with Crippen molar-refractivity contribution in [2.75, 3.05) is 17.2 Å². The Morgan fingerprint density at radius 3 is 2.50 bits per heavy atom. The standard InChI is InChI=1S/C16H28N4/c1-5-7-8-11(3)18-15-12(4)14(17-6-2)19-16(20-15)13-9-10-13/h11,13H,5-10H2,1-4H3,(H2,17,18,19,20). The lowest BCUT2D eigenvalue weighted by Gasteiger charge is -2.18. The smallest absolute Gasteiger partial charge is 0.136 e. The van der Waals surface area contributed by atoms with Crippen LogP contribution in [0.25, 0.3) is 0 Å². The van der Waals surface area contributed by atoms with Gasteiger partial charge in [0.05, 0.1) is 0 Å². The van der Waals surface area contributed by atoms with Crippen LogP contribution in [0.4, 0.5) is 11.6 Å². The maximum absolute atomic E-state index is 4.76. The highest BCUT2D eigenvalue weighted by Crippen LogP contribution is 2.39. The molecule has 112 valence electrons. The van der Waals surface area contributed by atoms with Crippen LogP contribution in [0.1, 0.15) is 70.2 Å². The zero-order valence-electron chi connectivity index (χ0n) is 13.3. The first-order chi connectivity index (χ1) is 9.65. The van der Waals surface area contributed by atoms with Gasteiger partial charge in [-0.15, -0.1) is 0 Å². The monoisotopic (exact) mass is 276 g/mol. The topological polar surface area (TPSA) is 49.8 Å². The lowest BCUT2D eigenvalue weighted by molar-refractivity contribution is 0.642. The first-order valence-electron chi connectivity index (χ1n) is 8.04. The van der Waals surface area contributed by atoms with Gasteiger partial charge in [0.1, 0.15) is 17.5 Å². The molecule has 4 nitrogen and oxygen atoms in total. The van der Waals surface area contributed by atoms with Gasteiger partial charge < -0.3 is 10.6 Å². The molecular formula is C16H28N4. The fourth-order valence-corrected chi connectivity index (χ4v) is 2.35. The van der Waals surface area contributed by atoms with E-state index in [1.54, 1.807) is 0 Å². The van der Waals surface area contributed by atoms with Crippen molar-refractivity contribution >= 4 is 11.6 Å². The molecular weight excluding hydrogens is 248 g/mol. The zero-order chi connectivity index (χ0) is 14.5. The summed E-state index contributed by atoms with van der Waals surface area (Å²) in [6, 6.07) is 0.463. The van der Waals surface area contributed by atoms with Gasteiger partial charge in [-0.1, -0.05) is 19.8 Å². The van der Waals surface area contributed by atoms with E-state index in [9.17, 15) is 0 Å². The van der Waals surface area contributed by atoms with E-state index in [1.165, 1.54) is 32.1 Å². The van der Waals surface area contributed by atoms with Crippen molar-refractivity contribution in [3.63, 3.8) is 0 Å². The van der Waals surface area contributed by atoms with Crippen molar-refractivity contribution in [3.05, 3.63) is 11.4 Å². The second kappa shape index (κ2) is 6.91. The molecule has 0 saturated heterocycles. The first-order valence-corrected chi connectivity index (χ1v) is 8.04. The van der Waals surface area contributed by atoms with Crippen LogP contribution in [0.2, 0.25) is 0 Å². The van der Waals surface area contributed by atoms with Crippen LogP contribution in [-0.4, -0.2) is 22.6 Å². The predicted molar refractivity (Wildman–Crippen MR) is 85.5 cm³/mol. The second-order valence-corrected chi connectivity index (χ2v) is 5.90. The van der Waals surface area contributed by atoms with Crippen LogP contribution in [-0.2, 0) is 0 Å². The molecule has 1 heterocycles. The molecule has 1 aliphatic carbocycles. The summed E-state index contributed by atoms with van der Waals surface area (Å²) in [5.41, 5.74) is 1.14. The quantitative estimate of drug-likeness (QED) is 0.751. The normalized spacial score (nSPS) is 16.0. The third kappa shape index (κ3) is 3.84. The third-order valence-corrected chi connectivity index (χ3v) is 3.82. The number of hydrogen-bond acceptors (Lipinski definition) is 4. The molecule has 0 spiro atoms. The Morgan fingerprint density at radius 2 is 1.90 bits per heavy atom. The molecule has 1 fully saturated rings. The summed E-state index contributed by atoms with van der Waals surface area (Å²) in [5.74, 6) is 3.60. The fraction of sp³-hybridized carbons (Fsp3) is 0.750. The Kier molecular flexibility index (Phi) is 5.21. The molecule has 0 aliphatic heterocycles. The lowest BCUT2D eigenvalue weighted by atomic mass is 10.1. The first kappa shape index (κ1) is 15.1. The fourth-order valence-electron chi connectivity index (χ4n) is 2.35. The van der Waals surface area contributed by atoms with Crippen molar-refractivity contribution in [2.45, 2.75) is 71.8 Å². The lowest BCUT2D eigenvalue weighted by Crippen LogP contribution is -2.18. The average molecular weight is 276 g/mol. The van der Waals surface area contributed by atoms with Crippen molar-refractivity contribution < 1.29 is 0 Å². The summed E-state index contributed by atoms with van der Waals surface area (Å²) >= 11 is 0. The predicted octanol–water partition coefficient (Wildman–Crippen LogP) is 4.08. The van der Waals surface area contributed by atoms with Gasteiger partial charge in [0, 0.05) is 24.1 Å². The van der Waals surface area contributed by atoms with Crippen LogP contribution >= 0.6 is 0 Å². The minimum Gasteiger partial charge on any atom is -0.370 e. The molecule has 1 saturated carbocycles. The molecule has 0 aromatic carbocycles. The molecule has 0 amide bonds. The van der Waals surface area contributed by atoms with Gasteiger partial charge in [-0.05, 0) is 40.0 Å². The molecule has 2 rings (SSSR count). The molecule has 1 unspecified atom stereocenters. The summed E-state index contributed by atoms with van der Waals surface area (Å²) in [5, 5.41) is 6.94. The average Bonchev–Trinajstić information content (AvgIpc) is 3.25. The van der Waals surface area contributed by atoms with Gasteiger partial charge in [-0.2, -0.15) is 0 Å². The number of rotatable bonds is 8. The highest BCUT2D eigenvalue weighted by Gasteiger charge is 2.28. The largest absolute Gasteiger partial charge is 0.370 e. The molecule has 1 aromatic rings. The number of unbranched alkanes of at least 4 members (excludes halogenated alkanes) is 1. The maximum Gasteiger partial charge on any atom is 0.136 e. The SMILES string of the molecule is CCCCC(C)Nc1nc(C2CC2)nc(NCC)c1C. The molecule has 1 atom stereocenters. The molecule has 4 heteroatoms. The van der Waals surface area contributed by atoms with E-state index in [4.69, 9.17) is 9.97 Å². The maximum atomic E-state index is 4.76. The number of hydrogen-bond donors (Lipinski definition) is 2. The van der Waals surface area contributed by atoms with E-state index in [-0.39, 0.29) is 0 Å². The van der Waals surface area contributed by atoms with Crippen LogP contribution in [0.15, 0.2) is 0 Å². The van der Waals surface area contributed by atoms with Crippen molar-refractivity contribution in [1.82, 2.24) is 9.97 Å². The number of anilines is 2. The minimum absolute atomic E-state index is 0.463. The molecule has 1 aliphatic rings. The Labute approximate surface area is 122 Å². The zero-order valence-corrected chi connectivity index (χ0v) is 13.3. The van der Waals surface area contributed by atoms with E-state index in [0.29, 0.717) is 12.0 Å². The van der Waals surface area contributed by atoms with E-state index >= 15 is 0 Å². The van der Waals surface area contributed by atoms with Gasteiger partial charge >= 0.3 is 0 Å². The van der Waals surface area contributed by atoms with Crippen LogP contribution in [0, 0.1) is 6.92 Å². The highest BCUT2D eigenvalue weighted by atomic mass is 15.1. The Hall–Kier alpha value is -1.32. The van der Waals surface area contributed by atoms with E-state index in [0.717, 1.165) is 29.6 Å². The van der Waals surface area contributed by atoms with Crippen LogP contribution < -0.4 is 10.6 Å². The Bertz CT molecular complexity index is 440. The molecule has 20 heavy (non-hydrogen) atoms. The summed E-state index contributed by atoms with van der Waals surface area (Å²) in [6.45, 7) is 9.57. The summed E-state index contributed by atoms with van der Waals surface area (Å²) in [4.78, 5) is 9.45. The van der Waals surface area contributed by atoms with Gasteiger partial charge in [0.2, 0.25) is 0 Å². The van der Waals surface area contributed by atoms with Crippen molar-refractivity contribution in [2.24, 2.45) is 0 Å². The van der Waals surface area contributed by atoms with Gasteiger partial charge in [0.15, 0.2) is 0 Å². The Balaban J connectivity index is 2.16. The van der Waals surface area contributed by atoms with Gasteiger partial charge in [0.25, 0.3) is 0 Å². The van der Waals surface area contributed by atoms with Crippen LogP contribution in [0.5, 0.6) is 0 Å². The summed E-state index contributed by atoms with van der Waals surface area (Å²) in [7, 11) is 0. The Morgan fingerprint density at radius 1 is 1.20 bits per heavy atom. The molecule has 0 bridgehead atoms. The second-order valence-electron chi connectivity index (χ2n) is 5.90. The number of nitrogens with zero attached hydrogens (tertiary/aromatic N) is 2. The van der Waals surface area contributed by atoms with Gasteiger partial charge in [-0.25, -0.2) is 9.97 Å². The third-order valence-electron chi connectivity index (χ3n) is 3.82. The number of nitrogens with one attached hydrogen (secondary N) is 2. The summed E-state index contributed by atoms with van der Waals surface area (Å²) < 4.78 is 0. The van der Waals surface area contributed by atoms with E-state index < -0.39 is 0 Å². The summed E-state index contributed by atoms with van der Waals surface area (Å²) in [6.07, 6.45) is 6.16. The molecule has 0 radical (unpaired) electrons.